The zero-order valence-corrected chi connectivity index (χ0v) is 14.9. The summed E-state index contributed by atoms with van der Waals surface area (Å²) in [7, 11) is 3.25. The molecule has 2 heterocycles. The molecule has 0 amide bonds. The van der Waals surface area contributed by atoms with Crippen LogP contribution in [0.15, 0.2) is 23.7 Å². The van der Waals surface area contributed by atoms with Crippen molar-refractivity contribution >= 4 is 11.9 Å². The number of hydrogen-bond donors (Lipinski definition) is 1. The van der Waals surface area contributed by atoms with Gasteiger partial charge >= 0.3 is 5.97 Å². The maximum Gasteiger partial charge on any atom is 0.305 e. The first kappa shape index (κ1) is 18.3. The SMILES string of the molecule is CN=C(NCCCCC(=O)OC)N1CCC(C)C(n2ccnc2)C1. The third-order valence-electron chi connectivity index (χ3n) is 4.66. The van der Waals surface area contributed by atoms with Crippen LogP contribution in [0.1, 0.15) is 38.6 Å². The summed E-state index contributed by atoms with van der Waals surface area (Å²) in [6.07, 6.45) is 9.11. The quantitative estimate of drug-likeness (QED) is 0.371. The van der Waals surface area contributed by atoms with E-state index in [1.807, 2.05) is 25.8 Å². The molecular formula is C17H29N5O2. The number of imidazole rings is 1. The number of nitrogens with zero attached hydrogens (tertiary/aromatic N) is 4. The molecule has 2 atom stereocenters. The number of unbranched alkanes of at least 4 members (excludes halogenated alkanes) is 1. The predicted molar refractivity (Wildman–Crippen MR) is 93.8 cm³/mol. The number of ether oxygens (including phenoxy) is 1. The van der Waals surface area contributed by atoms with Crippen molar-refractivity contribution in [3.8, 4) is 0 Å². The minimum Gasteiger partial charge on any atom is -0.469 e. The first-order chi connectivity index (χ1) is 11.7. The van der Waals surface area contributed by atoms with E-state index in [-0.39, 0.29) is 5.97 Å². The molecule has 0 saturated carbocycles. The first-order valence-corrected chi connectivity index (χ1v) is 8.65. The maximum absolute atomic E-state index is 11.1. The Morgan fingerprint density at radius 3 is 2.96 bits per heavy atom. The zero-order chi connectivity index (χ0) is 17.4. The van der Waals surface area contributed by atoms with Crippen LogP contribution in [0.5, 0.6) is 0 Å². The fourth-order valence-electron chi connectivity index (χ4n) is 3.12. The third-order valence-corrected chi connectivity index (χ3v) is 4.66. The Morgan fingerprint density at radius 1 is 1.46 bits per heavy atom. The van der Waals surface area contributed by atoms with Crippen molar-refractivity contribution < 1.29 is 9.53 Å². The van der Waals surface area contributed by atoms with Crippen molar-refractivity contribution in [2.24, 2.45) is 10.9 Å². The standard InChI is InChI=1S/C17H29N5O2/c1-14-7-10-21(12-15(14)22-11-9-19-13-22)17(18-2)20-8-5-4-6-16(23)24-3/h9,11,13-15H,4-8,10,12H2,1-3H3,(H,18,20). The first-order valence-electron chi connectivity index (χ1n) is 8.65. The van der Waals surface area contributed by atoms with E-state index in [9.17, 15) is 4.79 Å². The molecule has 0 radical (unpaired) electrons. The van der Waals surface area contributed by atoms with Gasteiger partial charge in [0.1, 0.15) is 0 Å². The van der Waals surface area contributed by atoms with Gasteiger partial charge in [-0.25, -0.2) is 4.98 Å². The molecule has 134 valence electrons. The molecule has 1 fully saturated rings. The molecule has 0 aliphatic carbocycles. The number of esters is 1. The topological polar surface area (TPSA) is 71.8 Å². The van der Waals surface area contributed by atoms with Crippen LogP contribution < -0.4 is 5.32 Å². The van der Waals surface area contributed by atoms with Gasteiger partial charge in [0, 0.05) is 45.5 Å². The van der Waals surface area contributed by atoms with Crippen LogP contribution >= 0.6 is 0 Å². The highest BCUT2D eigenvalue weighted by Gasteiger charge is 2.28. The van der Waals surface area contributed by atoms with Gasteiger partial charge in [0.05, 0.1) is 19.5 Å². The van der Waals surface area contributed by atoms with Crippen LogP contribution in [0.2, 0.25) is 0 Å². The molecule has 24 heavy (non-hydrogen) atoms. The molecule has 0 spiro atoms. The van der Waals surface area contributed by atoms with Crippen LogP contribution in [0.25, 0.3) is 0 Å². The molecular weight excluding hydrogens is 306 g/mol. The number of carbonyl (C=O) groups excluding carboxylic acids is 1. The summed E-state index contributed by atoms with van der Waals surface area (Å²) in [4.78, 5) is 22.0. The molecule has 1 aliphatic heterocycles. The van der Waals surface area contributed by atoms with E-state index < -0.39 is 0 Å². The van der Waals surface area contributed by atoms with Crippen molar-refractivity contribution in [1.29, 1.82) is 0 Å². The highest BCUT2D eigenvalue weighted by atomic mass is 16.5. The lowest BCUT2D eigenvalue weighted by molar-refractivity contribution is -0.140. The summed E-state index contributed by atoms with van der Waals surface area (Å²) >= 11 is 0. The second-order valence-electron chi connectivity index (χ2n) is 6.30. The van der Waals surface area contributed by atoms with E-state index in [1.54, 1.807) is 0 Å². The second kappa shape index (κ2) is 9.30. The van der Waals surface area contributed by atoms with Gasteiger partial charge < -0.3 is 19.5 Å². The van der Waals surface area contributed by atoms with Crippen molar-refractivity contribution in [3.63, 3.8) is 0 Å². The molecule has 1 aliphatic rings. The van der Waals surface area contributed by atoms with Gasteiger partial charge in [-0.3, -0.25) is 9.79 Å². The Hall–Kier alpha value is -2.05. The number of likely N-dealkylation sites (tertiary alicyclic amines) is 1. The van der Waals surface area contributed by atoms with E-state index >= 15 is 0 Å². The minimum atomic E-state index is -0.146. The normalized spacial score (nSPS) is 21.6. The number of aliphatic imine (C=N–C) groups is 1. The van der Waals surface area contributed by atoms with Crippen molar-refractivity contribution in [3.05, 3.63) is 18.7 Å². The molecule has 1 N–H and O–H groups in total. The van der Waals surface area contributed by atoms with Crippen molar-refractivity contribution in [1.82, 2.24) is 19.8 Å². The number of hydrogen-bond acceptors (Lipinski definition) is 4. The number of guanidine groups is 1. The van der Waals surface area contributed by atoms with E-state index in [0.29, 0.717) is 18.4 Å². The molecule has 7 nitrogen and oxygen atoms in total. The summed E-state index contributed by atoms with van der Waals surface area (Å²) in [5, 5.41) is 3.41. The Kier molecular flexibility index (Phi) is 7.08. The lowest BCUT2D eigenvalue weighted by Crippen LogP contribution is -2.49. The van der Waals surface area contributed by atoms with Gasteiger partial charge in [-0.15, -0.1) is 0 Å². The van der Waals surface area contributed by atoms with Crippen molar-refractivity contribution in [2.75, 3.05) is 33.8 Å². The van der Waals surface area contributed by atoms with Crippen LogP contribution in [0, 0.1) is 5.92 Å². The fraction of sp³-hybridized carbons (Fsp3) is 0.706. The summed E-state index contributed by atoms with van der Waals surface area (Å²) in [6.45, 7) is 5.05. The number of methoxy groups -OCH3 is 1. The molecule has 2 unspecified atom stereocenters. The molecule has 0 aromatic carbocycles. The highest BCUT2D eigenvalue weighted by molar-refractivity contribution is 5.80. The summed E-state index contributed by atoms with van der Waals surface area (Å²) in [6, 6.07) is 0.416. The van der Waals surface area contributed by atoms with Crippen LogP contribution in [-0.4, -0.2) is 60.2 Å². The van der Waals surface area contributed by atoms with E-state index in [1.165, 1.54) is 7.11 Å². The molecule has 2 rings (SSSR count). The molecule has 1 saturated heterocycles. The van der Waals surface area contributed by atoms with Crippen LogP contribution in [-0.2, 0) is 9.53 Å². The number of rotatable bonds is 6. The Bertz CT molecular complexity index is 529. The van der Waals surface area contributed by atoms with E-state index in [0.717, 1.165) is 44.9 Å². The van der Waals surface area contributed by atoms with Gasteiger partial charge in [-0.05, 0) is 25.2 Å². The number of carbonyl (C=O) groups is 1. The van der Waals surface area contributed by atoms with Gasteiger partial charge in [0.2, 0.25) is 0 Å². The second-order valence-corrected chi connectivity index (χ2v) is 6.30. The molecule has 7 heteroatoms. The molecule has 1 aromatic rings. The van der Waals surface area contributed by atoms with Crippen LogP contribution in [0.4, 0.5) is 0 Å². The zero-order valence-electron chi connectivity index (χ0n) is 14.9. The van der Waals surface area contributed by atoms with E-state index in [4.69, 9.17) is 0 Å². The number of piperidine rings is 1. The van der Waals surface area contributed by atoms with E-state index in [2.05, 4.69) is 36.4 Å². The maximum atomic E-state index is 11.1. The number of nitrogens with one attached hydrogen (secondary N) is 1. The average molecular weight is 335 g/mol. The Balaban J connectivity index is 1.81. The lowest BCUT2D eigenvalue weighted by Gasteiger charge is -2.39. The molecule has 1 aromatic heterocycles. The predicted octanol–water partition coefficient (Wildman–Crippen LogP) is 1.68. The minimum absolute atomic E-state index is 0.146. The Morgan fingerprint density at radius 2 is 2.29 bits per heavy atom. The largest absolute Gasteiger partial charge is 0.469 e. The summed E-state index contributed by atoms with van der Waals surface area (Å²) in [5.74, 6) is 1.41. The molecule has 0 bridgehead atoms. The van der Waals surface area contributed by atoms with Gasteiger partial charge in [0.15, 0.2) is 5.96 Å². The third kappa shape index (κ3) is 4.97. The summed E-state index contributed by atoms with van der Waals surface area (Å²) in [5.41, 5.74) is 0. The van der Waals surface area contributed by atoms with Crippen LogP contribution in [0.3, 0.4) is 0 Å². The van der Waals surface area contributed by atoms with Gasteiger partial charge in [-0.1, -0.05) is 6.92 Å². The van der Waals surface area contributed by atoms with Gasteiger partial charge in [-0.2, -0.15) is 0 Å². The summed E-state index contributed by atoms with van der Waals surface area (Å²) < 4.78 is 6.85. The average Bonchev–Trinajstić information content (AvgIpc) is 3.13. The highest BCUT2D eigenvalue weighted by Crippen LogP contribution is 2.27. The monoisotopic (exact) mass is 335 g/mol. The number of aromatic nitrogens is 2. The lowest BCUT2D eigenvalue weighted by atomic mass is 9.93. The fourth-order valence-corrected chi connectivity index (χ4v) is 3.12. The Labute approximate surface area is 144 Å². The van der Waals surface area contributed by atoms with Gasteiger partial charge in [0.25, 0.3) is 0 Å². The van der Waals surface area contributed by atoms with Crippen molar-refractivity contribution in [2.45, 2.75) is 38.6 Å². The smallest absolute Gasteiger partial charge is 0.305 e.